The zero-order valence-electron chi connectivity index (χ0n) is 7.42. The molecule has 0 atom stereocenters. The highest BCUT2D eigenvalue weighted by Gasteiger charge is 2.52. The van der Waals surface area contributed by atoms with Crippen molar-refractivity contribution >= 4 is 17.4 Å². The van der Waals surface area contributed by atoms with Gasteiger partial charge in [-0.1, -0.05) is 0 Å². The van der Waals surface area contributed by atoms with Crippen LogP contribution in [0.25, 0.3) is 0 Å². The molecule has 1 amide bonds. The zero-order valence-corrected chi connectivity index (χ0v) is 7.42. The van der Waals surface area contributed by atoms with Gasteiger partial charge in [-0.05, 0) is 18.9 Å². The summed E-state index contributed by atoms with van der Waals surface area (Å²) in [5.41, 5.74) is 0.615. The molecule has 1 aliphatic heterocycles. The maximum absolute atomic E-state index is 11.6. The molecule has 13 heavy (non-hydrogen) atoms. The molecule has 1 spiro atoms. The van der Waals surface area contributed by atoms with E-state index in [9.17, 15) is 4.79 Å². The largest absolute Gasteiger partial charge is 0.356 e. The number of nitrogens with one attached hydrogen (secondary N) is 2. The summed E-state index contributed by atoms with van der Waals surface area (Å²) >= 11 is 0. The van der Waals surface area contributed by atoms with E-state index in [1.54, 1.807) is 0 Å². The highest BCUT2D eigenvalue weighted by molar-refractivity contribution is 6.07. The van der Waals surface area contributed by atoms with Crippen molar-refractivity contribution in [1.82, 2.24) is 4.57 Å². The van der Waals surface area contributed by atoms with Gasteiger partial charge >= 0.3 is 0 Å². The Bertz CT molecular complexity index is 390. The van der Waals surface area contributed by atoms with Crippen LogP contribution in [0, 0.1) is 0 Å². The number of rotatable bonds is 0. The quantitative estimate of drug-likeness (QED) is 0.619. The van der Waals surface area contributed by atoms with Crippen LogP contribution in [0.3, 0.4) is 0 Å². The molecular formula is C9H11N3O. The molecule has 1 aliphatic carbocycles. The van der Waals surface area contributed by atoms with Crippen LogP contribution in [0.4, 0.5) is 11.5 Å². The Kier molecular flexibility index (Phi) is 1.02. The number of aryl methyl sites for hydroxylation is 1. The summed E-state index contributed by atoms with van der Waals surface area (Å²) in [4.78, 5) is 11.6. The summed E-state index contributed by atoms with van der Waals surface area (Å²) < 4.78 is 1.99. The molecule has 4 nitrogen and oxygen atoms in total. The lowest BCUT2D eigenvalue weighted by molar-refractivity contribution is -0.117. The molecule has 0 unspecified atom stereocenters. The van der Waals surface area contributed by atoms with Crippen LogP contribution in [0.1, 0.15) is 12.8 Å². The van der Waals surface area contributed by atoms with Gasteiger partial charge in [0, 0.05) is 13.2 Å². The topological polar surface area (TPSA) is 46.1 Å². The maximum Gasteiger partial charge on any atom is 0.250 e. The molecule has 1 aromatic rings. The summed E-state index contributed by atoms with van der Waals surface area (Å²) in [6.45, 7) is 0. The molecule has 1 fully saturated rings. The van der Waals surface area contributed by atoms with E-state index in [4.69, 9.17) is 0 Å². The van der Waals surface area contributed by atoms with Crippen LogP contribution in [0.15, 0.2) is 12.3 Å². The number of hydrogen-bond donors (Lipinski definition) is 2. The predicted molar refractivity (Wildman–Crippen MR) is 49.6 cm³/mol. The lowest BCUT2D eigenvalue weighted by atomic mass is 10.2. The Hall–Kier alpha value is -1.45. The van der Waals surface area contributed by atoms with E-state index in [1.807, 2.05) is 23.9 Å². The molecule has 0 saturated heterocycles. The number of fused-ring (bicyclic) bond motifs is 1. The van der Waals surface area contributed by atoms with Crippen molar-refractivity contribution < 1.29 is 4.79 Å². The van der Waals surface area contributed by atoms with Crippen LogP contribution in [-0.2, 0) is 11.8 Å². The van der Waals surface area contributed by atoms with E-state index in [1.165, 1.54) is 0 Å². The number of carbonyl (C=O) groups excluding carboxylic acids is 1. The second-order valence-electron chi connectivity index (χ2n) is 3.85. The number of hydrogen-bond acceptors (Lipinski definition) is 2. The standard InChI is InChI=1S/C9H11N3O/c1-12-5-2-6-7(12)11-9(3-4-9)8(13)10-6/h2,5,11H,3-4H2,1H3,(H,10,13). The molecule has 2 N–H and O–H groups in total. The second-order valence-corrected chi connectivity index (χ2v) is 3.85. The minimum Gasteiger partial charge on any atom is -0.356 e. The Morgan fingerprint density at radius 2 is 2.31 bits per heavy atom. The lowest BCUT2D eigenvalue weighted by Gasteiger charge is -2.25. The minimum atomic E-state index is -0.279. The third kappa shape index (κ3) is 0.775. The number of nitrogens with zero attached hydrogens (tertiary/aromatic N) is 1. The van der Waals surface area contributed by atoms with E-state index in [-0.39, 0.29) is 11.4 Å². The number of carbonyl (C=O) groups is 1. The van der Waals surface area contributed by atoms with Crippen LogP contribution in [0.5, 0.6) is 0 Å². The minimum absolute atomic E-state index is 0.117. The first-order valence-electron chi connectivity index (χ1n) is 4.46. The summed E-state index contributed by atoms with van der Waals surface area (Å²) in [5.74, 6) is 1.14. The SMILES string of the molecule is Cn1ccc2c1NC1(CC1)C(=O)N2. The van der Waals surface area contributed by atoms with Crippen LogP contribution in [-0.4, -0.2) is 16.0 Å². The fourth-order valence-corrected chi connectivity index (χ4v) is 1.79. The van der Waals surface area contributed by atoms with Gasteiger partial charge in [0.2, 0.25) is 5.91 Å². The number of anilines is 2. The van der Waals surface area contributed by atoms with Crippen molar-refractivity contribution in [2.45, 2.75) is 18.4 Å². The van der Waals surface area contributed by atoms with Gasteiger partial charge in [-0.25, -0.2) is 0 Å². The van der Waals surface area contributed by atoms with E-state index >= 15 is 0 Å². The van der Waals surface area contributed by atoms with Gasteiger partial charge in [0.15, 0.2) is 0 Å². The lowest BCUT2D eigenvalue weighted by Crippen LogP contribution is -2.41. The van der Waals surface area contributed by atoms with Gasteiger partial charge in [0.05, 0.1) is 5.69 Å². The van der Waals surface area contributed by atoms with E-state index in [0.717, 1.165) is 24.3 Å². The van der Waals surface area contributed by atoms with Gasteiger partial charge in [-0.3, -0.25) is 4.79 Å². The second kappa shape index (κ2) is 1.89. The summed E-state index contributed by atoms with van der Waals surface area (Å²) in [6.07, 6.45) is 3.84. The maximum atomic E-state index is 11.6. The highest BCUT2D eigenvalue weighted by atomic mass is 16.2. The van der Waals surface area contributed by atoms with Crippen molar-refractivity contribution in [2.75, 3.05) is 10.6 Å². The smallest absolute Gasteiger partial charge is 0.250 e. The molecular weight excluding hydrogens is 166 g/mol. The van der Waals surface area contributed by atoms with Crippen LogP contribution in [0.2, 0.25) is 0 Å². The fraction of sp³-hybridized carbons (Fsp3) is 0.444. The van der Waals surface area contributed by atoms with Crippen molar-refractivity contribution in [3.8, 4) is 0 Å². The molecule has 2 heterocycles. The first-order chi connectivity index (χ1) is 6.21. The van der Waals surface area contributed by atoms with Gasteiger partial charge in [-0.15, -0.1) is 0 Å². The van der Waals surface area contributed by atoms with Gasteiger partial charge in [0.1, 0.15) is 11.4 Å². The molecule has 0 radical (unpaired) electrons. The predicted octanol–water partition coefficient (Wildman–Crippen LogP) is 0.922. The summed E-state index contributed by atoms with van der Waals surface area (Å²) in [6, 6.07) is 1.91. The monoisotopic (exact) mass is 177 g/mol. The van der Waals surface area contributed by atoms with E-state index < -0.39 is 0 Å². The Morgan fingerprint density at radius 3 is 3.00 bits per heavy atom. The average molecular weight is 177 g/mol. The molecule has 0 aromatic carbocycles. The first-order valence-corrected chi connectivity index (χ1v) is 4.46. The van der Waals surface area contributed by atoms with Crippen molar-refractivity contribution in [2.24, 2.45) is 7.05 Å². The molecule has 68 valence electrons. The number of aromatic nitrogens is 1. The Labute approximate surface area is 75.9 Å². The highest BCUT2D eigenvalue weighted by Crippen LogP contribution is 2.44. The van der Waals surface area contributed by atoms with E-state index in [0.29, 0.717) is 0 Å². The summed E-state index contributed by atoms with van der Waals surface area (Å²) in [7, 11) is 1.97. The summed E-state index contributed by atoms with van der Waals surface area (Å²) in [5, 5.41) is 6.21. The third-order valence-corrected chi connectivity index (χ3v) is 2.86. The van der Waals surface area contributed by atoms with Crippen molar-refractivity contribution in [3.63, 3.8) is 0 Å². The molecule has 3 rings (SSSR count). The van der Waals surface area contributed by atoms with Gasteiger partial charge < -0.3 is 15.2 Å². The molecule has 2 aliphatic rings. The van der Waals surface area contributed by atoms with Crippen LogP contribution >= 0.6 is 0 Å². The fourth-order valence-electron chi connectivity index (χ4n) is 1.79. The van der Waals surface area contributed by atoms with Gasteiger partial charge in [0.25, 0.3) is 0 Å². The van der Waals surface area contributed by atoms with Crippen molar-refractivity contribution in [1.29, 1.82) is 0 Å². The average Bonchev–Trinajstić information content (AvgIpc) is 2.80. The first kappa shape index (κ1) is 7.00. The molecule has 1 saturated carbocycles. The zero-order chi connectivity index (χ0) is 9.05. The Balaban J connectivity index is 2.09. The van der Waals surface area contributed by atoms with Crippen LogP contribution < -0.4 is 10.6 Å². The molecule has 1 aromatic heterocycles. The van der Waals surface area contributed by atoms with E-state index in [2.05, 4.69) is 10.6 Å². The Morgan fingerprint density at radius 1 is 1.54 bits per heavy atom. The normalized spacial score (nSPS) is 22.1. The number of amides is 1. The molecule has 0 bridgehead atoms. The molecule has 4 heteroatoms. The van der Waals surface area contributed by atoms with Gasteiger partial charge in [-0.2, -0.15) is 0 Å². The van der Waals surface area contributed by atoms with Crippen molar-refractivity contribution in [3.05, 3.63) is 12.3 Å². The third-order valence-electron chi connectivity index (χ3n) is 2.86.